The van der Waals surface area contributed by atoms with Crippen molar-refractivity contribution in [2.75, 3.05) is 6.61 Å². The van der Waals surface area contributed by atoms with Crippen LogP contribution in [0.25, 0.3) is 0 Å². The van der Waals surface area contributed by atoms with Crippen LogP contribution in [0.2, 0.25) is 0 Å². The molecule has 1 atom stereocenters. The van der Waals surface area contributed by atoms with E-state index >= 15 is 0 Å². The molecule has 0 aliphatic heterocycles. The van der Waals surface area contributed by atoms with Crippen molar-refractivity contribution in [3.05, 3.63) is 30.3 Å². The maximum atomic E-state index is 11.9. The largest absolute Gasteiger partial charge is 0.296 e. The SMILES string of the molecule is CCCCCCC(C)COS(=O)(=O)c1ccccc1. The van der Waals surface area contributed by atoms with Crippen LogP contribution >= 0.6 is 0 Å². The molecule has 108 valence electrons. The van der Waals surface area contributed by atoms with E-state index in [1.54, 1.807) is 30.3 Å². The zero-order valence-electron chi connectivity index (χ0n) is 11.8. The van der Waals surface area contributed by atoms with Crippen LogP contribution in [0.4, 0.5) is 0 Å². The Labute approximate surface area is 117 Å². The third-order valence-electron chi connectivity index (χ3n) is 3.09. The molecule has 0 bridgehead atoms. The first-order chi connectivity index (χ1) is 9.06. The molecule has 1 aromatic rings. The predicted molar refractivity (Wildman–Crippen MR) is 77.5 cm³/mol. The van der Waals surface area contributed by atoms with Gasteiger partial charge in [-0.05, 0) is 24.5 Å². The second-order valence-corrected chi connectivity index (χ2v) is 6.62. The molecule has 0 amide bonds. The first kappa shape index (κ1) is 16.2. The highest BCUT2D eigenvalue weighted by Crippen LogP contribution is 2.15. The van der Waals surface area contributed by atoms with Gasteiger partial charge in [0.25, 0.3) is 10.1 Å². The summed E-state index contributed by atoms with van der Waals surface area (Å²) in [7, 11) is -3.59. The molecule has 0 N–H and O–H groups in total. The third-order valence-corrected chi connectivity index (χ3v) is 4.39. The minimum absolute atomic E-state index is 0.230. The van der Waals surface area contributed by atoms with E-state index in [-0.39, 0.29) is 17.4 Å². The van der Waals surface area contributed by atoms with Crippen LogP contribution in [0.15, 0.2) is 35.2 Å². The first-order valence-electron chi connectivity index (χ1n) is 7.00. The van der Waals surface area contributed by atoms with Gasteiger partial charge in [0, 0.05) is 0 Å². The molecule has 0 saturated heterocycles. The highest BCUT2D eigenvalue weighted by molar-refractivity contribution is 7.86. The number of benzene rings is 1. The smallest absolute Gasteiger partial charge is 0.266 e. The van der Waals surface area contributed by atoms with Gasteiger partial charge in [0.1, 0.15) is 0 Å². The van der Waals surface area contributed by atoms with Crippen LogP contribution in [-0.4, -0.2) is 15.0 Å². The lowest BCUT2D eigenvalue weighted by molar-refractivity contribution is 0.253. The highest BCUT2D eigenvalue weighted by Gasteiger charge is 2.15. The van der Waals surface area contributed by atoms with Gasteiger partial charge in [0.2, 0.25) is 0 Å². The lowest BCUT2D eigenvalue weighted by Crippen LogP contribution is -2.12. The highest BCUT2D eigenvalue weighted by atomic mass is 32.2. The van der Waals surface area contributed by atoms with E-state index in [1.165, 1.54) is 19.3 Å². The van der Waals surface area contributed by atoms with Crippen LogP contribution in [-0.2, 0) is 14.3 Å². The Morgan fingerprint density at radius 3 is 2.42 bits per heavy atom. The molecule has 0 aromatic heterocycles. The summed E-state index contributed by atoms with van der Waals surface area (Å²) in [4.78, 5) is 0.230. The van der Waals surface area contributed by atoms with E-state index in [1.807, 2.05) is 6.92 Å². The van der Waals surface area contributed by atoms with Crippen molar-refractivity contribution in [2.45, 2.75) is 50.8 Å². The van der Waals surface area contributed by atoms with Crippen LogP contribution in [0.3, 0.4) is 0 Å². The van der Waals surface area contributed by atoms with Gasteiger partial charge >= 0.3 is 0 Å². The standard InChI is InChI=1S/C15H24O3S/c1-3-4-5-7-10-14(2)13-18-19(16,17)15-11-8-6-9-12-15/h6,8-9,11-12,14H,3-5,7,10,13H2,1-2H3. The molecule has 0 aliphatic carbocycles. The molecule has 19 heavy (non-hydrogen) atoms. The Hall–Kier alpha value is -0.870. The number of rotatable bonds is 9. The van der Waals surface area contributed by atoms with E-state index in [4.69, 9.17) is 4.18 Å². The average molecular weight is 284 g/mol. The molecule has 0 radical (unpaired) electrons. The Morgan fingerprint density at radius 1 is 1.11 bits per heavy atom. The molecule has 0 saturated carbocycles. The van der Waals surface area contributed by atoms with Crippen LogP contribution in [0, 0.1) is 5.92 Å². The number of unbranched alkanes of at least 4 members (excludes halogenated alkanes) is 3. The molecule has 1 rings (SSSR count). The van der Waals surface area contributed by atoms with Gasteiger partial charge < -0.3 is 0 Å². The monoisotopic (exact) mass is 284 g/mol. The Bertz CT molecular complexity index is 440. The summed E-state index contributed by atoms with van der Waals surface area (Å²) in [6.45, 7) is 4.48. The topological polar surface area (TPSA) is 43.4 Å². The van der Waals surface area contributed by atoms with E-state index in [0.29, 0.717) is 0 Å². The van der Waals surface area contributed by atoms with Gasteiger partial charge in [-0.25, -0.2) is 0 Å². The van der Waals surface area contributed by atoms with Crippen molar-refractivity contribution in [3.8, 4) is 0 Å². The molecule has 4 heteroatoms. The number of hydrogen-bond donors (Lipinski definition) is 0. The fourth-order valence-corrected chi connectivity index (χ4v) is 2.90. The average Bonchev–Trinajstić information content (AvgIpc) is 2.42. The first-order valence-corrected chi connectivity index (χ1v) is 8.41. The summed E-state index contributed by atoms with van der Waals surface area (Å²) >= 11 is 0. The summed E-state index contributed by atoms with van der Waals surface area (Å²) < 4.78 is 28.9. The predicted octanol–water partition coefficient (Wildman–Crippen LogP) is 4.00. The molecule has 0 aliphatic rings. The van der Waals surface area contributed by atoms with Gasteiger partial charge in [0.15, 0.2) is 0 Å². The Morgan fingerprint density at radius 2 is 1.79 bits per heavy atom. The lowest BCUT2D eigenvalue weighted by atomic mass is 10.0. The van der Waals surface area contributed by atoms with Crippen LogP contribution < -0.4 is 0 Å². The molecule has 0 heterocycles. The molecule has 0 fully saturated rings. The second kappa shape index (κ2) is 8.33. The zero-order chi connectivity index (χ0) is 14.1. The maximum Gasteiger partial charge on any atom is 0.296 e. The van der Waals surface area contributed by atoms with Gasteiger partial charge in [-0.2, -0.15) is 8.42 Å². The van der Waals surface area contributed by atoms with Gasteiger partial charge in [-0.15, -0.1) is 0 Å². The molecule has 0 spiro atoms. The summed E-state index contributed by atoms with van der Waals surface area (Å²) in [5, 5.41) is 0. The normalized spacial score (nSPS) is 13.4. The minimum atomic E-state index is -3.59. The van der Waals surface area contributed by atoms with E-state index in [2.05, 4.69) is 6.92 Å². The molecular weight excluding hydrogens is 260 g/mol. The number of hydrogen-bond acceptors (Lipinski definition) is 3. The zero-order valence-corrected chi connectivity index (χ0v) is 12.7. The fraction of sp³-hybridized carbons (Fsp3) is 0.600. The van der Waals surface area contributed by atoms with E-state index in [9.17, 15) is 8.42 Å². The van der Waals surface area contributed by atoms with Crippen molar-refractivity contribution < 1.29 is 12.6 Å². The summed E-state index contributed by atoms with van der Waals surface area (Å²) in [6.07, 6.45) is 5.84. The third kappa shape index (κ3) is 6.21. The van der Waals surface area contributed by atoms with E-state index < -0.39 is 10.1 Å². The summed E-state index contributed by atoms with van der Waals surface area (Å²) in [6, 6.07) is 8.30. The lowest BCUT2D eigenvalue weighted by Gasteiger charge is -2.11. The van der Waals surface area contributed by atoms with Gasteiger partial charge in [0.05, 0.1) is 11.5 Å². The maximum absolute atomic E-state index is 11.9. The van der Waals surface area contributed by atoms with Crippen molar-refractivity contribution in [2.24, 2.45) is 5.92 Å². The van der Waals surface area contributed by atoms with Crippen molar-refractivity contribution >= 4 is 10.1 Å². The van der Waals surface area contributed by atoms with Gasteiger partial charge in [-0.1, -0.05) is 57.7 Å². The van der Waals surface area contributed by atoms with Crippen molar-refractivity contribution in [1.29, 1.82) is 0 Å². The summed E-state index contributed by atoms with van der Waals surface area (Å²) in [5.74, 6) is 0.273. The molecule has 1 unspecified atom stereocenters. The molecule has 1 aromatic carbocycles. The van der Waals surface area contributed by atoms with Crippen molar-refractivity contribution in [3.63, 3.8) is 0 Å². The molecule has 3 nitrogen and oxygen atoms in total. The van der Waals surface area contributed by atoms with E-state index in [0.717, 1.165) is 12.8 Å². The Balaban J connectivity index is 2.35. The van der Waals surface area contributed by atoms with Crippen molar-refractivity contribution in [1.82, 2.24) is 0 Å². The van der Waals surface area contributed by atoms with Crippen LogP contribution in [0.5, 0.6) is 0 Å². The van der Waals surface area contributed by atoms with Crippen LogP contribution in [0.1, 0.15) is 46.0 Å². The fourth-order valence-electron chi connectivity index (χ4n) is 1.86. The second-order valence-electron chi connectivity index (χ2n) is 5.01. The summed E-state index contributed by atoms with van der Waals surface area (Å²) in [5.41, 5.74) is 0. The minimum Gasteiger partial charge on any atom is -0.266 e. The van der Waals surface area contributed by atoms with Gasteiger partial charge in [-0.3, -0.25) is 4.18 Å². The Kier molecular flexibility index (Phi) is 7.10. The quantitative estimate of drug-likeness (QED) is 0.508. The molecular formula is C15H24O3S.